The molecular weight excluding hydrogens is 250 g/mol. The predicted octanol–water partition coefficient (Wildman–Crippen LogP) is 1.15. The third-order valence-electron chi connectivity index (χ3n) is 6.40. The summed E-state index contributed by atoms with van der Waals surface area (Å²) < 4.78 is 5.90. The minimum Gasteiger partial charge on any atom is -0.377 e. The maximum atomic E-state index is 6.87. The van der Waals surface area contributed by atoms with Crippen LogP contribution < -0.4 is 5.73 Å². The fourth-order valence-corrected chi connectivity index (χ4v) is 4.84. The number of likely N-dealkylation sites (N-methyl/N-ethyl adjacent to an activating group) is 2. The zero-order valence-electron chi connectivity index (χ0n) is 13.6. The van der Waals surface area contributed by atoms with Crippen LogP contribution in [0.1, 0.15) is 33.1 Å². The van der Waals surface area contributed by atoms with E-state index in [0.717, 1.165) is 19.6 Å². The van der Waals surface area contributed by atoms with Crippen molar-refractivity contribution >= 4 is 0 Å². The third kappa shape index (κ3) is 2.04. The Kier molecular flexibility index (Phi) is 3.65. The van der Waals surface area contributed by atoms with Gasteiger partial charge in [0.15, 0.2) is 0 Å². The van der Waals surface area contributed by atoms with Crippen molar-refractivity contribution in [1.82, 2.24) is 9.80 Å². The van der Waals surface area contributed by atoms with Crippen LogP contribution in [0.15, 0.2) is 0 Å². The van der Waals surface area contributed by atoms with E-state index in [1.807, 2.05) is 0 Å². The molecule has 4 nitrogen and oxygen atoms in total. The normalized spacial score (nSPS) is 44.4. The van der Waals surface area contributed by atoms with Crippen LogP contribution in [0, 0.1) is 11.3 Å². The Bertz CT molecular complexity index is 373. The number of rotatable bonds is 3. The van der Waals surface area contributed by atoms with E-state index in [2.05, 4.69) is 37.7 Å². The van der Waals surface area contributed by atoms with Gasteiger partial charge in [0.1, 0.15) is 0 Å². The van der Waals surface area contributed by atoms with Gasteiger partial charge in [-0.05, 0) is 39.9 Å². The average Bonchev–Trinajstić information content (AvgIpc) is 2.87. The van der Waals surface area contributed by atoms with Crippen LogP contribution in [0.5, 0.6) is 0 Å². The molecule has 2 aliphatic heterocycles. The molecule has 3 aliphatic rings. The van der Waals surface area contributed by atoms with Crippen molar-refractivity contribution in [1.29, 1.82) is 0 Å². The summed E-state index contributed by atoms with van der Waals surface area (Å²) in [5.41, 5.74) is 6.89. The SMILES string of the molecule is CN1CCCC(N(C)CC2(N)C3CCOC3C2(C)C)C1. The summed E-state index contributed by atoms with van der Waals surface area (Å²) in [5.74, 6) is 0.557. The molecule has 20 heavy (non-hydrogen) atoms. The first-order valence-electron chi connectivity index (χ1n) is 8.15. The molecule has 1 aliphatic carbocycles. The molecule has 4 atom stereocenters. The Morgan fingerprint density at radius 1 is 1.35 bits per heavy atom. The summed E-state index contributed by atoms with van der Waals surface area (Å²) in [5, 5.41) is 0. The smallest absolute Gasteiger partial charge is 0.0691 e. The van der Waals surface area contributed by atoms with Crippen LogP contribution in [0.4, 0.5) is 0 Å². The summed E-state index contributed by atoms with van der Waals surface area (Å²) in [6.45, 7) is 8.90. The molecule has 2 N–H and O–H groups in total. The van der Waals surface area contributed by atoms with Gasteiger partial charge in [0.2, 0.25) is 0 Å². The lowest BCUT2D eigenvalue weighted by atomic mass is 9.48. The van der Waals surface area contributed by atoms with Crippen LogP contribution >= 0.6 is 0 Å². The fourth-order valence-electron chi connectivity index (χ4n) is 4.84. The maximum absolute atomic E-state index is 6.87. The fraction of sp³-hybridized carbons (Fsp3) is 1.00. The Balaban J connectivity index is 1.67. The van der Waals surface area contributed by atoms with Crippen molar-refractivity contribution in [3.05, 3.63) is 0 Å². The number of fused-ring (bicyclic) bond motifs is 1. The van der Waals surface area contributed by atoms with Gasteiger partial charge in [-0.3, -0.25) is 0 Å². The molecule has 1 saturated carbocycles. The Morgan fingerprint density at radius 2 is 2.10 bits per heavy atom. The van der Waals surface area contributed by atoms with Gasteiger partial charge in [0, 0.05) is 42.6 Å². The van der Waals surface area contributed by atoms with Crippen LogP contribution in [0.3, 0.4) is 0 Å². The maximum Gasteiger partial charge on any atom is 0.0691 e. The second kappa shape index (κ2) is 4.94. The minimum atomic E-state index is -0.0844. The Labute approximate surface area is 123 Å². The molecule has 4 unspecified atom stereocenters. The van der Waals surface area contributed by atoms with Crippen molar-refractivity contribution in [3.8, 4) is 0 Å². The van der Waals surface area contributed by atoms with Gasteiger partial charge in [-0.1, -0.05) is 13.8 Å². The van der Waals surface area contributed by atoms with Crippen molar-refractivity contribution in [3.63, 3.8) is 0 Å². The molecule has 3 fully saturated rings. The number of nitrogens with two attached hydrogens (primary N) is 1. The summed E-state index contributed by atoms with van der Waals surface area (Å²) in [6, 6.07) is 0.659. The first-order chi connectivity index (χ1) is 9.36. The highest BCUT2D eigenvalue weighted by molar-refractivity contribution is 5.21. The molecule has 3 rings (SSSR count). The molecule has 116 valence electrons. The van der Waals surface area contributed by atoms with Gasteiger partial charge in [0.25, 0.3) is 0 Å². The van der Waals surface area contributed by atoms with E-state index in [4.69, 9.17) is 10.5 Å². The van der Waals surface area contributed by atoms with Crippen molar-refractivity contribution in [2.24, 2.45) is 17.1 Å². The summed E-state index contributed by atoms with van der Waals surface area (Å²) in [4.78, 5) is 4.97. The van der Waals surface area contributed by atoms with Crippen molar-refractivity contribution < 1.29 is 4.74 Å². The molecular formula is C16H31N3O. The molecule has 0 aromatic rings. The largest absolute Gasteiger partial charge is 0.377 e. The first kappa shape index (κ1) is 14.8. The molecule has 0 amide bonds. The van der Waals surface area contributed by atoms with E-state index in [0.29, 0.717) is 18.1 Å². The highest BCUT2D eigenvalue weighted by atomic mass is 16.5. The van der Waals surface area contributed by atoms with Gasteiger partial charge >= 0.3 is 0 Å². The number of piperidine rings is 1. The molecule has 0 spiro atoms. The van der Waals surface area contributed by atoms with E-state index in [9.17, 15) is 0 Å². The van der Waals surface area contributed by atoms with E-state index in [1.54, 1.807) is 0 Å². The topological polar surface area (TPSA) is 41.7 Å². The summed E-state index contributed by atoms with van der Waals surface area (Å²) in [6.07, 6.45) is 4.14. The molecule has 0 aromatic carbocycles. The standard InChI is InChI=1S/C16H31N3O/c1-15(2)14-13(7-9-20-14)16(15,17)11-19(4)12-6-5-8-18(3)10-12/h12-14H,5-11,17H2,1-4H3. The molecule has 0 radical (unpaired) electrons. The summed E-state index contributed by atoms with van der Waals surface area (Å²) in [7, 11) is 4.49. The number of ether oxygens (including phenoxy) is 1. The van der Waals surface area contributed by atoms with E-state index >= 15 is 0 Å². The number of likely N-dealkylation sites (tertiary alicyclic amines) is 1. The zero-order valence-corrected chi connectivity index (χ0v) is 13.6. The first-order valence-corrected chi connectivity index (χ1v) is 8.15. The van der Waals surface area contributed by atoms with Crippen LogP contribution in [0.2, 0.25) is 0 Å². The lowest BCUT2D eigenvalue weighted by Crippen LogP contribution is -2.78. The van der Waals surface area contributed by atoms with Crippen LogP contribution in [-0.2, 0) is 4.74 Å². The molecule has 2 heterocycles. The molecule has 0 bridgehead atoms. The van der Waals surface area contributed by atoms with Gasteiger partial charge in [0.05, 0.1) is 6.10 Å². The predicted molar refractivity (Wildman–Crippen MR) is 81.7 cm³/mol. The Morgan fingerprint density at radius 3 is 2.80 bits per heavy atom. The highest BCUT2D eigenvalue weighted by Gasteiger charge is 2.67. The van der Waals surface area contributed by atoms with E-state index < -0.39 is 0 Å². The number of hydrogen-bond donors (Lipinski definition) is 1. The molecule has 0 aromatic heterocycles. The third-order valence-corrected chi connectivity index (χ3v) is 6.40. The lowest BCUT2D eigenvalue weighted by Gasteiger charge is -2.63. The minimum absolute atomic E-state index is 0.0844. The van der Waals surface area contributed by atoms with Crippen LogP contribution in [-0.4, -0.2) is 67.8 Å². The molecule has 2 saturated heterocycles. The van der Waals surface area contributed by atoms with Gasteiger partial charge in [-0.2, -0.15) is 0 Å². The second-order valence-corrected chi connectivity index (χ2v) is 7.92. The van der Waals surface area contributed by atoms with Crippen molar-refractivity contribution in [2.45, 2.75) is 50.8 Å². The number of hydrogen-bond acceptors (Lipinski definition) is 4. The van der Waals surface area contributed by atoms with E-state index in [1.165, 1.54) is 25.9 Å². The second-order valence-electron chi connectivity index (χ2n) is 7.92. The van der Waals surface area contributed by atoms with E-state index in [-0.39, 0.29) is 11.0 Å². The van der Waals surface area contributed by atoms with Gasteiger partial charge < -0.3 is 20.3 Å². The monoisotopic (exact) mass is 281 g/mol. The van der Waals surface area contributed by atoms with Gasteiger partial charge in [-0.25, -0.2) is 0 Å². The van der Waals surface area contributed by atoms with Crippen LogP contribution in [0.25, 0.3) is 0 Å². The zero-order chi connectivity index (χ0) is 14.5. The van der Waals surface area contributed by atoms with Gasteiger partial charge in [-0.15, -0.1) is 0 Å². The average molecular weight is 281 g/mol. The highest BCUT2D eigenvalue weighted by Crippen LogP contribution is 2.58. The summed E-state index contributed by atoms with van der Waals surface area (Å²) >= 11 is 0. The Hall–Kier alpha value is -0.160. The number of nitrogens with zero attached hydrogens (tertiary/aromatic N) is 2. The quantitative estimate of drug-likeness (QED) is 0.843. The molecule has 4 heteroatoms. The van der Waals surface area contributed by atoms with Crippen molar-refractivity contribution in [2.75, 3.05) is 40.3 Å². The lowest BCUT2D eigenvalue weighted by molar-refractivity contribution is -0.164.